The van der Waals surface area contributed by atoms with Gasteiger partial charge >= 0.3 is 0 Å². The van der Waals surface area contributed by atoms with Crippen LogP contribution in [0.3, 0.4) is 0 Å². The third kappa shape index (κ3) is 1.91. The van der Waals surface area contributed by atoms with Gasteiger partial charge in [0, 0.05) is 0 Å². The molecule has 4 rings (SSSR count). The smallest absolute Gasteiger partial charge is 0.177 e. The van der Waals surface area contributed by atoms with E-state index in [1.807, 2.05) is 0 Å². The molecule has 0 fully saturated rings. The van der Waals surface area contributed by atoms with E-state index in [0.29, 0.717) is 0 Å². The maximum atomic E-state index is 3.75. The maximum absolute atomic E-state index is 3.75. The number of H-pyrrole nitrogens is 2. The van der Waals surface area contributed by atoms with E-state index in [2.05, 4.69) is 82.7 Å². The quantitative estimate of drug-likeness (QED) is 0.353. The molecule has 0 aliphatic heterocycles. The highest BCUT2D eigenvalue weighted by atomic mass is 15.8. The fourth-order valence-electron chi connectivity index (χ4n) is 1.34. The van der Waals surface area contributed by atoms with Crippen LogP contribution in [0.5, 0.6) is 0 Å². The fraction of sp³-hybridized carbons (Fsp3) is 0. The van der Waals surface area contributed by atoms with E-state index < -0.39 is 0 Å². The van der Waals surface area contributed by atoms with Crippen LogP contribution in [-0.2, 0) is 0 Å². The van der Waals surface area contributed by atoms with Gasteiger partial charge in [0.2, 0.25) is 23.3 Å². The first-order valence-electron chi connectivity index (χ1n) is 5.38. The Balaban J connectivity index is 1.67. The molecule has 0 amide bonds. The molecule has 0 saturated carbocycles. The average molecular weight is 302 g/mol. The minimum atomic E-state index is 0.117. The van der Waals surface area contributed by atoms with E-state index in [9.17, 15) is 0 Å². The molecule has 4 aromatic heterocycles. The first-order chi connectivity index (χ1) is 10.9. The van der Waals surface area contributed by atoms with E-state index in [1.165, 1.54) is 0 Å². The predicted octanol–water partition coefficient (Wildman–Crippen LogP) is -3.30. The zero-order chi connectivity index (χ0) is 14.8. The number of aromatic amines is 2. The topological polar surface area (TPSA) is 221 Å². The van der Waals surface area contributed by atoms with Gasteiger partial charge in [-0.2, -0.15) is 10.4 Å². The maximum Gasteiger partial charge on any atom is 0.249 e. The minimum Gasteiger partial charge on any atom is -0.177 e. The SMILES string of the molecule is N(=Nn1nnnc1-c1nn[nH]n1)n1nnnc1-c1nn[nH]n1. The van der Waals surface area contributed by atoms with Gasteiger partial charge in [0.25, 0.3) is 0 Å². The first kappa shape index (κ1) is 11.7. The van der Waals surface area contributed by atoms with Crippen LogP contribution in [0.2, 0.25) is 0 Å². The van der Waals surface area contributed by atoms with Gasteiger partial charge in [-0.25, -0.2) is 0 Å². The number of hydrogen-bond donors (Lipinski definition) is 2. The summed E-state index contributed by atoms with van der Waals surface area (Å²) >= 11 is 0. The molecule has 0 unspecified atom stereocenters. The summed E-state index contributed by atoms with van der Waals surface area (Å²) in [7, 11) is 0. The summed E-state index contributed by atoms with van der Waals surface area (Å²) in [5.41, 5.74) is 0. The fourth-order valence-corrected chi connectivity index (χ4v) is 1.34. The van der Waals surface area contributed by atoms with Crippen molar-refractivity contribution >= 4 is 0 Å². The molecule has 2 N–H and O–H groups in total. The van der Waals surface area contributed by atoms with Crippen LogP contribution >= 0.6 is 0 Å². The molecule has 0 atom stereocenters. The third-order valence-corrected chi connectivity index (χ3v) is 2.21. The molecule has 0 aromatic carbocycles. The normalized spacial score (nSPS) is 11.5. The van der Waals surface area contributed by atoms with Gasteiger partial charge in [0.15, 0.2) is 0 Å². The lowest BCUT2D eigenvalue weighted by Crippen LogP contribution is -2.00. The van der Waals surface area contributed by atoms with Crippen LogP contribution in [0.4, 0.5) is 0 Å². The standard InChI is InChI=1S/C4H2N18/c5-1(6-12-11-5)3-9-15-17-21(3)19-20-22-4(10-16-18-22)2-7-13-14-8-2/h(H,5,6,11,12)(H,7,8,13,14). The largest absolute Gasteiger partial charge is 0.249 e. The molecule has 4 aromatic rings. The Morgan fingerprint density at radius 1 is 0.682 bits per heavy atom. The van der Waals surface area contributed by atoms with E-state index in [1.54, 1.807) is 0 Å². The van der Waals surface area contributed by atoms with E-state index >= 15 is 0 Å². The molecule has 18 heteroatoms. The van der Waals surface area contributed by atoms with Crippen LogP contribution in [0, 0.1) is 0 Å². The Labute approximate surface area is 117 Å². The Kier molecular flexibility index (Phi) is 2.53. The van der Waals surface area contributed by atoms with Crippen molar-refractivity contribution in [2.24, 2.45) is 10.4 Å². The first-order valence-corrected chi connectivity index (χ1v) is 5.38. The van der Waals surface area contributed by atoms with Crippen molar-refractivity contribution in [3.8, 4) is 23.3 Å². The van der Waals surface area contributed by atoms with Crippen molar-refractivity contribution in [1.29, 1.82) is 0 Å². The number of aromatic nitrogens is 16. The van der Waals surface area contributed by atoms with E-state index in [4.69, 9.17) is 0 Å². The molecular weight excluding hydrogens is 300 g/mol. The zero-order valence-electron chi connectivity index (χ0n) is 10.2. The molecule has 18 nitrogen and oxygen atoms in total. The molecular formula is C4H2N18. The summed E-state index contributed by atoms with van der Waals surface area (Å²) in [6, 6.07) is 0. The van der Waals surface area contributed by atoms with Gasteiger partial charge < -0.3 is 0 Å². The number of hydrogen-bond acceptors (Lipinski definition) is 14. The van der Waals surface area contributed by atoms with Crippen LogP contribution in [0.1, 0.15) is 0 Å². The van der Waals surface area contributed by atoms with Crippen molar-refractivity contribution in [3.63, 3.8) is 0 Å². The molecule has 108 valence electrons. The van der Waals surface area contributed by atoms with Gasteiger partial charge in [0.05, 0.1) is 0 Å². The molecule has 4 heterocycles. The zero-order valence-corrected chi connectivity index (χ0v) is 10.2. The molecule has 0 bridgehead atoms. The van der Waals surface area contributed by atoms with Crippen LogP contribution < -0.4 is 0 Å². The monoisotopic (exact) mass is 302 g/mol. The summed E-state index contributed by atoms with van der Waals surface area (Å²) in [5.74, 6) is 0.511. The summed E-state index contributed by atoms with van der Waals surface area (Å²) in [4.78, 5) is 1.93. The Morgan fingerprint density at radius 3 is 1.59 bits per heavy atom. The molecule has 0 saturated heterocycles. The van der Waals surface area contributed by atoms with Gasteiger partial charge in [-0.15, -0.1) is 30.6 Å². The number of tetrazole rings is 4. The van der Waals surface area contributed by atoms with Crippen molar-refractivity contribution in [2.45, 2.75) is 0 Å². The second kappa shape index (κ2) is 4.77. The molecule has 0 aliphatic carbocycles. The summed E-state index contributed by atoms with van der Waals surface area (Å²) in [6.45, 7) is 0. The Morgan fingerprint density at radius 2 is 1.18 bits per heavy atom. The highest BCUT2D eigenvalue weighted by Crippen LogP contribution is 2.09. The van der Waals surface area contributed by atoms with Gasteiger partial charge in [-0.1, -0.05) is 9.58 Å². The highest BCUT2D eigenvalue weighted by Gasteiger charge is 2.15. The average Bonchev–Trinajstić information content (AvgIpc) is 3.32. The molecule has 0 radical (unpaired) electrons. The number of nitrogens with one attached hydrogen (secondary N) is 2. The summed E-state index contributed by atoms with van der Waals surface area (Å²) in [5, 5.41) is 55.2. The van der Waals surface area contributed by atoms with Crippen molar-refractivity contribution < 1.29 is 0 Å². The highest BCUT2D eigenvalue weighted by molar-refractivity contribution is 5.39. The van der Waals surface area contributed by atoms with Gasteiger partial charge in [-0.3, -0.25) is 0 Å². The Hall–Kier alpha value is -4.12. The van der Waals surface area contributed by atoms with E-state index in [0.717, 1.165) is 9.58 Å². The lowest BCUT2D eigenvalue weighted by molar-refractivity contribution is 0.566. The number of nitrogens with zero attached hydrogens (tertiary/aromatic N) is 16. The summed E-state index contributed by atoms with van der Waals surface area (Å²) in [6.07, 6.45) is 0. The predicted molar refractivity (Wildman–Crippen MR) is 57.6 cm³/mol. The second-order valence-corrected chi connectivity index (χ2v) is 3.43. The molecule has 0 spiro atoms. The lowest BCUT2D eigenvalue weighted by Gasteiger charge is -1.92. The van der Waals surface area contributed by atoms with Crippen LogP contribution in [0.15, 0.2) is 10.4 Å². The molecule has 22 heavy (non-hydrogen) atoms. The second-order valence-electron chi connectivity index (χ2n) is 3.43. The summed E-state index contributed by atoms with van der Waals surface area (Å²) < 4.78 is 0. The van der Waals surface area contributed by atoms with Crippen LogP contribution in [0.25, 0.3) is 23.3 Å². The lowest BCUT2D eigenvalue weighted by atomic mass is 10.6. The third-order valence-electron chi connectivity index (χ3n) is 2.21. The van der Waals surface area contributed by atoms with Crippen LogP contribution in [-0.4, -0.2) is 81.9 Å². The van der Waals surface area contributed by atoms with Crippen molar-refractivity contribution in [2.75, 3.05) is 0 Å². The van der Waals surface area contributed by atoms with Crippen molar-refractivity contribution in [1.82, 2.24) is 81.9 Å². The number of rotatable bonds is 4. The van der Waals surface area contributed by atoms with E-state index in [-0.39, 0.29) is 23.3 Å². The molecule has 0 aliphatic rings. The van der Waals surface area contributed by atoms with Crippen molar-refractivity contribution in [3.05, 3.63) is 0 Å². The minimum absolute atomic E-state index is 0.117. The Bertz CT molecular complexity index is 799. The van der Waals surface area contributed by atoms with Gasteiger partial charge in [-0.05, 0) is 41.7 Å². The van der Waals surface area contributed by atoms with Gasteiger partial charge in [0.1, 0.15) is 0 Å².